The fourth-order valence-corrected chi connectivity index (χ4v) is 5.77. The SMILES string of the molecule is CC1=CC=C(C2(O)CCC(N3CC(NC(=O)CNc4nn(C)c5ccc(C(F)(F)F)cc45)C3)CC2)CN1C. The molecule has 1 aliphatic carbocycles. The largest absolute Gasteiger partial charge is 0.416 e. The number of alkyl halides is 3. The van der Waals surface area contributed by atoms with E-state index in [0.29, 0.717) is 16.9 Å². The highest BCUT2D eigenvalue weighted by Gasteiger charge is 2.41. The Bertz CT molecular complexity index is 1270. The van der Waals surface area contributed by atoms with Crippen LogP contribution in [0, 0.1) is 0 Å². The number of carbonyl (C=O) groups excluding carboxylic acids is 1. The van der Waals surface area contributed by atoms with Crippen molar-refractivity contribution in [3.63, 3.8) is 0 Å². The summed E-state index contributed by atoms with van der Waals surface area (Å²) in [4.78, 5) is 17.0. The second-order valence-corrected chi connectivity index (χ2v) is 10.9. The summed E-state index contributed by atoms with van der Waals surface area (Å²) in [7, 11) is 3.69. The van der Waals surface area contributed by atoms with E-state index in [9.17, 15) is 23.1 Å². The van der Waals surface area contributed by atoms with E-state index in [1.54, 1.807) is 7.05 Å². The van der Waals surface area contributed by atoms with Crippen molar-refractivity contribution in [2.24, 2.45) is 7.05 Å². The minimum Gasteiger partial charge on any atom is -0.385 e. The molecule has 0 spiro atoms. The Morgan fingerprint density at radius 1 is 1.18 bits per heavy atom. The first-order chi connectivity index (χ1) is 17.9. The number of aryl methyl sites for hydroxylation is 1. The van der Waals surface area contributed by atoms with E-state index in [0.717, 1.165) is 63.0 Å². The third kappa shape index (κ3) is 5.26. The van der Waals surface area contributed by atoms with Gasteiger partial charge in [-0.15, -0.1) is 0 Å². The van der Waals surface area contributed by atoms with Gasteiger partial charge in [-0.3, -0.25) is 14.4 Å². The van der Waals surface area contributed by atoms with E-state index in [-0.39, 0.29) is 24.3 Å². The number of rotatable bonds is 6. The predicted molar refractivity (Wildman–Crippen MR) is 139 cm³/mol. The predicted octanol–water partition coefficient (Wildman–Crippen LogP) is 3.25. The van der Waals surface area contributed by atoms with Gasteiger partial charge < -0.3 is 20.6 Å². The summed E-state index contributed by atoms with van der Waals surface area (Å²) < 4.78 is 40.9. The van der Waals surface area contributed by atoms with E-state index in [2.05, 4.69) is 44.6 Å². The molecule has 3 heterocycles. The molecule has 1 saturated carbocycles. The molecular formula is C27H35F3N6O2. The highest BCUT2D eigenvalue weighted by atomic mass is 19.4. The monoisotopic (exact) mass is 532 g/mol. The highest BCUT2D eigenvalue weighted by Crippen LogP contribution is 2.39. The summed E-state index contributed by atoms with van der Waals surface area (Å²) >= 11 is 0. The van der Waals surface area contributed by atoms with Gasteiger partial charge in [0.1, 0.15) is 0 Å². The van der Waals surface area contributed by atoms with E-state index < -0.39 is 17.3 Å². The van der Waals surface area contributed by atoms with Crippen molar-refractivity contribution in [1.82, 2.24) is 24.9 Å². The molecular weight excluding hydrogens is 497 g/mol. The van der Waals surface area contributed by atoms with Gasteiger partial charge in [-0.05, 0) is 62.5 Å². The molecule has 0 atom stereocenters. The number of allylic oxidation sites excluding steroid dienone is 3. The Morgan fingerprint density at radius 3 is 2.55 bits per heavy atom. The molecule has 38 heavy (non-hydrogen) atoms. The quantitative estimate of drug-likeness (QED) is 0.530. The zero-order valence-electron chi connectivity index (χ0n) is 22.0. The summed E-state index contributed by atoms with van der Waals surface area (Å²) in [5, 5.41) is 21.7. The van der Waals surface area contributed by atoms with Gasteiger partial charge in [-0.1, -0.05) is 6.08 Å². The van der Waals surface area contributed by atoms with Crippen LogP contribution in [0.1, 0.15) is 38.2 Å². The van der Waals surface area contributed by atoms with Gasteiger partial charge in [0.2, 0.25) is 5.91 Å². The molecule has 3 N–H and O–H groups in total. The lowest BCUT2D eigenvalue weighted by Crippen LogP contribution is -2.63. The number of aliphatic hydroxyl groups is 1. The van der Waals surface area contributed by atoms with Crippen molar-refractivity contribution in [3.8, 4) is 0 Å². The zero-order chi connectivity index (χ0) is 27.2. The van der Waals surface area contributed by atoms with E-state index in [1.165, 1.54) is 16.4 Å². The first kappa shape index (κ1) is 26.6. The number of benzene rings is 1. The number of aromatic nitrogens is 2. The zero-order valence-corrected chi connectivity index (χ0v) is 22.0. The van der Waals surface area contributed by atoms with Gasteiger partial charge in [0.05, 0.1) is 29.3 Å². The Kier molecular flexibility index (Phi) is 6.93. The molecule has 0 unspecified atom stereocenters. The van der Waals surface area contributed by atoms with Crippen LogP contribution in [0.5, 0.6) is 0 Å². The Hall–Kier alpha value is -3.05. The number of likely N-dealkylation sites (N-methyl/N-ethyl adjacent to an activating group) is 1. The molecule has 2 aromatic rings. The van der Waals surface area contributed by atoms with Crippen LogP contribution >= 0.6 is 0 Å². The first-order valence-electron chi connectivity index (χ1n) is 13.1. The van der Waals surface area contributed by atoms with Crippen LogP contribution in [0.3, 0.4) is 0 Å². The first-order valence-corrected chi connectivity index (χ1v) is 13.1. The summed E-state index contributed by atoms with van der Waals surface area (Å²) in [5.74, 6) is 0.0220. The molecule has 206 valence electrons. The normalized spacial score (nSPS) is 25.1. The molecule has 11 heteroatoms. The Labute approximate surface area is 220 Å². The average molecular weight is 533 g/mol. The number of anilines is 1. The molecule has 1 saturated heterocycles. The van der Waals surface area contributed by atoms with Crippen molar-refractivity contribution in [2.45, 2.75) is 56.5 Å². The molecule has 5 rings (SSSR count). The number of halogens is 3. The summed E-state index contributed by atoms with van der Waals surface area (Å²) in [5.41, 5.74) is 1.33. The van der Waals surface area contributed by atoms with E-state index in [4.69, 9.17) is 0 Å². The average Bonchev–Trinajstić information content (AvgIpc) is 3.16. The van der Waals surface area contributed by atoms with Crippen LogP contribution in [0.4, 0.5) is 19.0 Å². The Balaban J connectivity index is 1.08. The summed E-state index contributed by atoms with van der Waals surface area (Å²) in [6.07, 6.45) is 2.97. The Morgan fingerprint density at radius 2 is 1.89 bits per heavy atom. The van der Waals surface area contributed by atoms with E-state index in [1.807, 2.05) is 7.05 Å². The van der Waals surface area contributed by atoms with Crippen LogP contribution in [0.2, 0.25) is 0 Å². The molecule has 0 radical (unpaired) electrons. The van der Waals surface area contributed by atoms with Crippen LogP contribution in [-0.2, 0) is 18.0 Å². The lowest BCUT2D eigenvalue weighted by Gasteiger charge is -2.49. The fourth-order valence-electron chi connectivity index (χ4n) is 5.77. The van der Waals surface area contributed by atoms with Crippen LogP contribution in [-0.4, -0.2) is 81.5 Å². The minimum atomic E-state index is -4.45. The lowest BCUT2D eigenvalue weighted by molar-refractivity contribution is -0.137. The van der Waals surface area contributed by atoms with Gasteiger partial charge in [0, 0.05) is 50.9 Å². The molecule has 2 aliphatic heterocycles. The van der Waals surface area contributed by atoms with Crippen molar-refractivity contribution in [2.75, 3.05) is 38.5 Å². The van der Waals surface area contributed by atoms with Crippen molar-refractivity contribution < 1.29 is 23.1 Å². The van der Waals surface area contributed by atoms with Crippen molar-refractivity contribution >= 4 is 22.6 Å². The number of hydrogen-bond donors (Lipinski definition) is 3. The minimum absolute atomic E-state index is 0.0326. The van der Waals surface area contributed by atoms with Crippen LogP contribution in [0.25, 0.3) is 10.9 Å². The van der Waals surface area contributed by atoms with Crippen molar-refractivity contribution in [1.29, 1.82) is 0 Å². The molecule has 1 aromatic heterocycles. The third-order valence-electron chi connectivity index (χ3n) is 8.30. The number of nitrogens with one attached hydrogen (secondary N) is 2. The van der Waals surface area contributed by atoms with Crippen molar-refractivity contribution in [3.05, 3.63) is 47.2 Å². The third-order valence-corrected chi connectivity index (χ3v) is 8.30. The molecule has 3 aliphatic rings. The fraction of sp³-hybridized carbons (Fsp3) is 0.556. The van der Waals surface area contributed by atoms with Crippen LogP contribution in [0.15, 0.2) is 41.6 Å². The molecule has 0 bridgehead atoms. The van der Waals surface area contributed by atoms with Gasteiger partial charge >= 0.3 is 6.18 Å². The maximum atomic E-state index is 13.1. The smallest absolute Gasteiger partial charge is 0.385 e. The number of nitrogens with zero attached hydrogens (tertiary/aromatic N) is 4. The molecule has 1 amide bonds. The summed E-state index contributed by atoms with van der Waals surface area (Å²) in [6.45, 7) is 4.25. The topological polar surface area (TPSA) is 85.7 Å². The van der Waals surface area contributed by atoms with Gasteiger partial charge in [0.25, 0.3) is 0 Å². The number of carbonyl (C=O) groups is 1. The number of likely N-dealkylation sites (tertiary alicyclic amines) is 1. The summed E-state index contributed by atoms with van der Waals surface area (Å²) in [6, 6.07) is 3.89. The van der Waals surface area contributed by atoms with Crippen LogP contribution < -0.4 is 10.6 Å². The molecule has 8 nitrogen and oxygen atoms in total. The lowest BCUT2D eigenvalue weighted by atomic mass is 9.75. The van der Waals surface area contributed by atoms with E-state index >= 15 is 0 Å². The van der Waals surface area contributed by atoms with Gasteiger partial charge in [-0.25, -0.2) is 0 Å². The molecule has 1 aromatic carbocycles. The van der Waals surface area contributed by atoms with Gasteiger partial charge in [-0.2, -0.15) is 18.3 Å². The highest BCUT2D eigenvalue weighted by molar-refractivity contribution is 5.92. The standard InChI is InChI=1S/C27H35F3N6O2/c1-17-4-5-19(14-34(17)2)26(38)10-8-21(9-11-26)36-15-20(16-36)32-24(37)13-31-25-22-12-18(27(28,29)30)6-7-23(22)35(3)33-25/h4-7,12,20-21,38H,8-11,13-16H2,1-3H3,(H,31,33)(H,32,37). The molecule has 2 fully saturated rings. The maximum Gasteiger partial charge on any atom is 0.416 e. The van der Waals surface area contributed by atoms with Gasteiger partial charge in [0.15, 0.2) is 5.82 Å². The second-order valence-electron chi connectivity index (χ2n) is 10.9. The number of hydrogen-bond acceptors (Lipinski definition) is 6. The maximum absolute atomic E-state index is 13.1. The number of fused-ring (bicyclic) bond motifs is 1. The number of amides is 1. The second kappa shape index (κ2) is 9.92.